The van der Waals surface area contributed by atoms with Crippen LogP contribution in [-0.4, -0.2) is 17.9 Å². The summed E-state index contributed by atoms with van der Waals surface area (Å²) in [5.41, 5.74) is -0.473. The van der Waals surface area contributed by atoms with E-state index in [9.17, 15) is 4.79 Å². The van der Waals surface area contributed by atoms with Gasteiger partial charge < -0.3 is 9.47 Å². The second-order valence-electron chi connectivity index (χ2n) is 5.11. The molecule has 1 atom stereocenters. The van der Waals surface area contributed by atoms with E-state index < -0.39 is 11.8 Å². The van der Waals surface area contributed by atoms with E-state index in [1.807, 2.05) is 27.7 Å². The molecule has 0 aromatic heterocycles. The first-order valence-electron chi connectivity index (χ1n) is 6.28. The van der Waals surface area contributed by atoms with Crippen LogP contribution in [0.15, 0.2) is 0 Å². The Labute approximate surface area is 99.5 Å². The first kappa shape index (κ1) is 15.3. The lowest BCUT2D eigenvalue weighted by atomic mass is 10.1. The van der Waals surface area contributed by atoms with Crippen molar-refractivity contribution < 1.29 is 14.3 Å². The Hall–Kier alpha value is -0.730. The molecule has 0 N–H and O–H groups in total. The van der Waals surface area contributed by atoms with Crippen molar-refractivity contribution in [3.63, 3.8) is 0 Å². The highest BCUT2D eigenvalue weighted by Gasteiger charge is 2.20. The van der Waals surface area contributed by atoms with Gasteiger partial charge in [-0.2, -0.15) is 0 Å². The molecule has 3 heteroatoms. The quantitative estimate of drug-likeness (QED) is 0.504. The highest BCUT2D eigenvalue weighted by Crippen LogP contribution is 2.14. The molecule has 0 aromatic carbocycles. The number of unbranched alkanes of at least 4 members (excludes halogenated alkanes) is 2. The van der Waals surface area contributed by atoms with Gasteiger partial charge in [0.25, 0.3) is 0 Å². The average molecular weight is 230 g/mol. The molecule has 0 aliphatic heterocycles. The van der Waals surface area contributed by atoms with E-state index in [4.69, 9.17) is 9.47 Å². The van der Waals surface area contributed by atoms with E-state index >= 15 is 0 Å². The van der Waals surface area contributed by atoms with Crippen LogP contribution >= 0.6 is 0 Å². The topological polar surface area (TPSA) is 35.5 Å². The Bertz CT molecular complexity index is 194. The summed E-state index contributed by atoms with van der Waals surface area (Å²) in [4.78, 5) is 11.4. The molecule has 0 bridgehead atoms. The lowest BCUT2D eigenvalue weighted by Gasteiger charge is -2.22. The Morgan fingerprint density at radius 3 is 2.25 bits per heavy atom. The van der Waals surface area contributed by atoms with Crippen LogP contribution in [-0.2, 0) is 9.47 Å². The zero-order chi connectivity index (χ0) is 12.6. The van der Waals surface area contributed by atoms with Gasteiger partial charge in [-0.05, 0) is 40.0 Å². The summed E-state index contributed by atoms with van der Waals surface area (Å²) < 4.78 is 10.4. The van der Waals surface area contributed by atoms with Crippen LogP contribution < -0.4 is 0 Å². The smallest absolute Gasteiger partial charge is 0.431 e. The number of rotatable bonds is 6. The van der Waals surface area contributed by atoms with E-state index in [0.717, 1.165) is 19.3 Å². The lowest BCUT2D eigenvalue weighted by molar-refractivity contribution is -0.0293. The second kappa shape index (κ2) is 7.53. The maximum absolute atomic E-state index is 11.4. The maximum Gasteiger partial charge on any atom is 0.509 e. The molecular formula is C13H26O3. The Kier molecular flexibility index (Phi) is 7.18. The minimum Gasteiger partial charge on any atom is -0.431 e. The zero-order valence-corrected chi connectivity index (χ0v) is 11.3. The normalized spacial score (nSPS) is 13.3. The van der Waals surface area contributed by atoms with Crippen molar-refractivity contribution in [2.45, 2.75) is 78.4 Å². The molecule has 0 saturated heterocycles. The van der Waals surface area contributed by atoms with Crippen molar-refractivity contribution in [2.75, 3.05) is 0 Å². The third-order valence-electron chi connectivity index (χ3n) is 2.24. The maximum atomic E-state index is 11.4. The molecular weight excluding hydrogens is 204 g/mol. The molecule has 0 rings (SSSR count). The van der Waals surface area contributed by atoms with Crippen LogP contribution in [0.3, 0.4) is 0 Å². The highest BCUT2D eigenvalue weighted by atomic mass is 16.7. The second-order valence-corrected chi connectivity index (χ2v) is 5.11. The predicted molar refractivity (Wildman–Crippen MR) is 65.5 cm³/mol. The number of hydrogen-bond donors (Lipinski definition) is 0. The zero-order valence-electron chi connectivity index (χ0n) is 11.3. The summed E-state index contributed by atoms with van der Waals surface area (Å²) in [5, 5.41) is 0. The van der Waals surface area contributed by atoms with Gasteiger partial charge in [-0.1, -0.05) is 26.7 Å². The molecule has 16 heavy (non-hydrogen) atoms. The van der Waals surface area contributed by atoms with Crippen LogP contribution in [0.5, 0.6) is 0 Å². The van der Waals surface area contributed by atoms with E-state index in [0.29, 0.717) is 0 Å². The van der Waals surface area contributed by atoms with Gasteiger partial charge in [0.15, 0.2) is 0 Å². The fourth-order valence-corrected chi connectivity index (χ4v) is 1.38. The summed E-state index contributed by atoms with van der Waals surface area (Å²) in [6.45, 7) is 9.71. The molecule has 96 valence electrons. The average Bonchev–Trinajstić information content (AvgIpc) is 2.13. The van der Waals surface area contributed by atoms with Crippen molar-refractivity contribution >= 4 is 6.16 Å². The predicted octanol–water partition coefficient (Wildman–Crippen LogP) is 4.30. The van der Waals surface area contributed by atoms with Gasteiger partial charge in [-0.15, -0.1) is 0 Å². The summed E-state index contributed by atoms with van der Waals surface area (Å²) in [5.74, 6) is 0. The van der Waals surface area contributed by atoms with Crippen molar-refractivity contribution in [1.29, 1.82) is 0 Å². The summed E-state index contributed by atoms with van der Waals surface area (Å²) in [7, 11) is 0. The number of carbonyl (C=O) groups excluding carboxylic acids is 1. The van der Waals surface area contributed by atoms with Crippen LogP contribution in [0, 0.1) is 0 Å². The van der Waals surface area contributed by atoms with E-state index in [2.05, 4.69) is 6.92 Å². The van der Waals surface area contributed by atoms with Crippen molar-refractivity contribution in [2.24, 2.45) is 0 Å². The molecule has 1 unspecified atom stereocenters. The first-order valence-corrected chi connectivity index (χ1v) is 6.28. The van der Waals surface area contributed by atoms with Crippen molar-refractivity contribution in [3.05, 3.63) is 0 Å². The van der Waals surface area contributed by atoms with Gasteiger partial charge in [0.1, 0.15) is 11.7 Å². The molecule has 0 spiro atoms. The van der Waals surface area contributed by atoms with Gasteiger partial charge in [0.05, 0.1) is 0 Å². The van der Waals surface area contributed by atoms with E-state index in [1.54, 1.807) is 0 Å². The minimum atomic E-state index is -0.546. The highest BCUT2D eigenvalue weighted by molar-refractivity contribution is 5.60. The molecule has 0 amide bonds. The summed E-state index contributed by atoms with van der Waals surface area (Å²) >= 11 is 0. The fourth-order valence-electron chi connectivity index (χ4n) is 1.38. The molecule has 0 heterocycles. The van der Waals surface area contributed by atoms with E-state index in [1.165, 1.54) is 12.8 Å². The molecule has 0 aliphatic carbocycles. The van der Waals surface area contributed by atoms with Gasteiger partial charge in [-0.3, -0.25) is 0 Å². The molecule has 0 saturated carbocycles. The SMILES string of the molecule is CCCCCC(CC)OC(=O)OC(C)(C)C. The van der Waals surface area contributed by atoms with Gasteiger partial charge in [0.2, 0.25) is 0 Å². The fraction of sp³-hybridized carbons (Fsp3) is 0.923. The molecule has 3 nitrogen and oxygen atoms in total. The standard InChI is InChI=1S/C13H26O3/c1-6-8-9-10-11(7-2)15-12(14)16-13(3,4)5/h11H,6-10H2,1-5H3. The van der Waals surface area contributed by atoms with Crippen LogP contribution in [0.1, 0.15) is 66.7 Å². The minimum absolute atomic E-state index is 0.00130. The van der Waals surface area contributed by atoms with Gasteiger partial charge in [-0.25, -0.2) is 4.79 Å². The van der Waals surface area contributed by atoms with Crippen LogP contribution in [0.2, 0.25) is 0 Å². The molecule has 0 radical (unpaired) electrons. The van der Waals surface area contributed by atoms with Gasteiger partial charge >= 0.3 is 6.16 Å². The summed E-state index contributed by atoms with van der Waals surface area (Å²) in [6.07, 6.45) is 4.72. The molecule has 0 aromatic rings. The Balaban J connectivity index is 3.88. The Morgan fingerprint density at radius 2 is 1.81 bits per heavy atom. The lowest BCUT2D eigenvalue weighted by Crippen LogP contribution is -2.27. The number of ether oxygens (including phenoxy) is 2. The van der Waals surface area contributed by atoms with Gasteiger partial charge in [0, 0.05) is 0 Å². The number of hydrogen-bond acceptors (Lipinski definition) is 3. The molecule has 0 fully saturated rings. The van der Waals surface area contributed by atoms with Crippen LogP contribution in [0.25, 0.3) is 0 Å². The number of carbonyl (C=O) groups is 1. The third kappa shape index (κ3) is 8.57. The van der Waals surface area contributed by atoms with Crippen LogP contribution in [0.4, 0.5) is 4.79 Å². The van der Waals surface area contributed by atoms with Crippen molar-refractivity contribution in [1.82, 2.24) is 0 Å². The van der Waals surface area contributed by atoms with Crippen molar-refractivity contribution in [3.8, 4) is 0 Å². The first-order chi connectivity index (χ1) is 7.39. The monoisotopic (exact) mass is 230 g/mol. The summed E-state index contributed by atoms with van der Waals surface area (Å²) in [6, 6.07) is 0. The Morgan fingerprint density at radius 1 is 1.19 bits per heavy atom. The largest absolute Gasteiger partial charge is 0.509 e. The third-order valence-corrected chi connectivity index (χ3v) is 2.24. The molecule has 0 aliphatic rings. The van der Waals surface area contributed by atoms with E-state index in [-0.39, 0.29) is 6.10 Å².